The van der Waals surface area contributed by atoms with Gasteiger partial charge in [0.25, 0.3) is 0 Å². The number of phosphoric ester groups is 1. The van der Waals surface area contributed by atoms with Gasteiger partial charge >= 0.3 is 15.6 Å². The summed E-state index contributed by atoms with van der Waals surface area (Å²) in [6.45, 7) is 5.81. The molecule has 0 aliphatic carbocycles. The summed E-state index contributed by atoms with van der Waals surface area (Å²) in [6.07, 6.45) is 11.6. The van der Waals surface area contributed by atoms with E-state index in [1.807, 2.05) is 13.8 Å². The predicted octanol–water partition coefficient (Wildman–Crippen LogP) is 5.73. The number of hydrogen-bond donors (Lipinski definition) is 2. The third kappa shape index (κ3) is 17.2. The van der Waals surface area contributed by atoms with Crippen molar-refractivity contribution in [1.29, 1.82) is 0 Å². The highest BCUT2D eigenvalue weighted by Crippen LogP contribution is 2.61. The van der Waals surface area contributed by atoms with E-state index in [9.17, 15) is 9.13 Å². The Hall–Kier alpha value is -0.0000000000000000416. The van der Waals surface area contributed by atoms with Crippen molar-refractivity contribution in [3.8, 4) is 0 Å². The van der Waals surface area contributed by atoms with Gasteiger partial charge in [-0.25, -0.2) is 9.13 Å². The fourth-order valence-corrected chi connectivity index (χ4v) is 4.20. The Labute approximate surface area is 152 Å². The summed E-state index contributed by atoms with van der Waals surface area (Å²) in [6, 6.07) is 0. The summed E-state index contributed by atoms with van der Waals surface area (Å²) >= 11 is 0. The molecule has 0 heterocycles. The van der Waals surface area contributed by atoms with Gasteiger partial charge in [-0.3, -0.25) is 9.05 Å². The number of phosphoric acid groups is 2. The zero-order valence-electron chi connectivity index (χ0n) is 15.7. The molecule has 0 saturated heterocycles. The predicted molar refractivity (Wildman–Crippen MR) is 99.3 cm³/mol. The van der Waals surface area contributed by atoms with E-state index in [1.54, 1.807) is 6.08 Å². The van der Waals surface area contributed by atoms with Crippen molar-refractivity contribution in [2.75, 3.05) is 13.2 Å². The molecule has 0 aliphatic heterocycles. The molecule has 1 atom stereocenters. The summed E-state index contributed by atoms with van der Waals surface area (Å²) < 4.78 is 37.4. The molecule has 0 bridgehead atoms. The average molecular weight is 400 g/mol. The quantitative estimate of drug-likeness (QED) is 0.194. The van der Waals surface area contributed by atoms with Crippen LogP contribution in [0, 0.1) is 0 Å². The third-order valence-electron chi connectivity index (χ3n) is 3.43. The second-order valence-electron chi connectivity index (χ2n) is 6.26. The molecule has 0 radical (unpaired) electrons. The van der Waals surface area contributed by atoms with Gasteiger partial charge in [-0.15, -0.1) is 0 Å². The highest BCUT2D eigenvalue weighted by molar-refractivity contribution is 7.61. The van der Waals surface area contributed by atoms with Crippen LogP contribution in [0.2, 0.25) is 0 Å². The summed E-state index contributed by atoms with van der Waals surface area (Å²) in [4.78, 5) is 17.7. The van der Waals surface area contributed by atoms with Gasteiger partial charge < -0.3 is 9.79 Å². The molecule has 0 amide bonds. The van der Waals surface area contributed by atoms with Gasteiger partial charge in [0.2, 0.25) is 0 Å². The first-order valence-corrected chi connectivity index (χ1v) is 12.0. The Morgan fingerprint density at radius 3 is 1.88 bits per heavy atom. The number of hydrogen-bond acceptors (Lipinski definition) is 5. The average Bonchev–Trinajstić information content (AvgIpc) is 2.47. The molecule has 0 saturated carbocycles. The van der Waals surface area contributed by atoms with E-state index in [1.165, 1.54) is 32.1 Å². The van der Waals surface area contributed by atoms with Crippen molar-refractivity contribution >= 4 is 15.6 Å². The molecule has 9 heteroatoms. The highest BCUT2D eigenvalue weighted by atomic mass is 31.3. The molecule has 0 aromatic heterocycles. The zero-order chi connectivity index (χ0) is 19.2. The maximum Gasteiger partial charge on any atom is 0.484 e. The molecular formula is C16H34O7P2. The Morgan fingerprint density at radius 2 is 1.40 bits per heavy atom. The Kier molecular flexibility index (Phi) is 14.1. The molecule has 0 aliphatic rings. The maximum absolute atomic E-state index is 12.3. The van der Waals surface area contributed by atoms with Crippen molar-refractivity contribution in [3.05, 3.63) is 11.6 Å². The summed E-state index contributed by atoms with van der Waals surface area (Å²) in [7, 11) is -9.24. The van der Waals surface area contributed by atoms with E-state index in [4.69, 9.17) is 18.8 Å². The lowest BCUT2D eigenvalue weighted by Gasteiger charge is -2.17. The Morgan fingerprint density at radius 1 is 0.880 bits per heavy atom. The van der Waals surface area contributed by atoms with E-state index in [0.29, 0.717) is 6.42 Å². The smallest absolute Gasteiger partial charge is 0.302 e. The van der Waals surface area contributed by atoms with Crippen LogP contribution < -0.4 is 0 Å². The van der Waals surface area contributed by atoms with Crippen LogP contribution in [0.5, 0.6) is 0 Å². The van der Waals surface area contributed by atoms with Crippen molar-refractivity contribution in [1.82, 2.24) is 0 Å². The fraction of sp³-hybridized carbons (Fsp3) is 0.875. The minimum atomic E-state index is -4.96. The lowest BCUT2D eigenvalue weighted by atomic mass is 10.1. The van der Waals surface area contributed by atoms with E-state index in [0.717, 1.165) is 24.8 Å². The molecule has 25 heavy (non-hydrogen) atoms. The monoisotopic (exact) mass is 400 g/mol. The molecule has 0 aromatic carbocycles. The van der Waals surface area contributed by atoms with Gasteiger partial charge in [-0.1, -0.05) is 69.9 Å². The van der Waals surface area contributed by atoms with Crippen molar-refractivity contribution in [2.45, 2.75) is 78.6 Å². The molecular weight excluding hydrogens is 366 g/mol. The first-order chi connectivity index (χ1) is 11.7. The van der Waals surface area contributed by atoms with Gasteiger partial charge in [-0.2, -0.15) is 4.31 Å². The first kappa shape index (κ1) is 25.0. The Balaban J connectivity index is 4.04. The molecule has 7 nitrogen and oxygen atoms in total. The molecule has 150 valence electrons. The molecule has 0 spiro atoms. The third-order valence-corrected chi connectivity index (χ3v) is 6.04. The second-order valence-corrected chi connectivity index (χ2v) is 9.30. The largest absolute Gasteiger partial charge is 0.484 e. The molecule has 0 rings (SSSR count). The maximum atomic E-state index is 12.3. The normalized spacial score (nSPS) is 14.3. The van der Waals surface area contributed by atoms with Crippen molar-refractivity contribution in [2.24, 2.45) is 0 Å². The SMILES string of the molecule is CCCCCCCCCCCOP(=O)(OCC=C(C)C)OP(=O)(O)O. The molecule has 2 N–H and O–H groups in total. The lowest BCUT2D eigenvalue weighted by molar-refractivity contribution is 0.147. The zero-order valence-corrected chi connectivity index (χ0v) is 17.5. The molecule has 0 aromatic rings. The van der Waals surface area contributed by atoms with E-state index in [-0.39, 0.29) is 13.2 Å². The highest BCUT2D eigenvalue weighted by Gasteiger charge is 2.35. The first-order valence-electron chi connectivity index (χ1n) is 8.98. The number of rotatable bonds is 16. The fourth-order valence-electron chi connectivity index (χ4n) is 2.10. The van der Waals surface area contributed by atoms with Gasteiger partial charge in [0, 0.05) is 0 Å². The summed E-state index contributed by atoms with van der Waals surface area (Å²) in [5, 5.41) is 0. The Bertz CT molecular complexity index is 455. The van der Waals surface area contributed by atoms with Crippen LogP contribution in [0.25, 0.3) is 0 Å². The minimum Gasteiger partial charge on any atom is -0.302 e. The van der Waals surface area contributed by atoms with Crippen LogP contribution in [0.1, 0.15) is 78.6 Å². The van der Waals surface area contributed by atoms with Gasteiger partial charge in [0.05, 0.1) is 13.2 Å². The minimum absolute atomic E-state index is 0.0714. The summed E-state index contributed by atoms with van der Waals surface area (Å²) in [5.41, 5.74) is 0.918. The number of allylic oxidation sites excluding steroid dienone is 1. The van der Waals surface area contributed by atoms with E-state index >= 15 is 0 Å². The van der Waals surface area contributed by atoms with Crippen LogP contribution >= 0.6 is 15.6 Å². The lowest BCUT2D eigenvalue weighted by Crippen LogP contribution is -2.01. The molecule has 0 fully saturated rings. The van der Waals surface area contributed by atoms with Crippen LogP contribution in [0.3, 0.4) is 0 Å². The van der Waals surface area contributed by atoms with Crippen molar-refractivity contribution < 1.29 is 32.3 Å². The van der Waals surface area contributed by atoms with Crippen LogP contribution in [0.4, 0.5) is 0 Å². The standard InChI is InChI=1S/C16H34O7P2/c1-4-5-6-7-8-9-10-11-12-14-21-25(20,23-24(17,18)19)22-15-13-16(2)3/h13H,4-12,14-15H2,1-3H3,(H2,17,18,19). The topological polar surface area (TPSA) is 102 Å². The van der Waals surface area contributed by atoms with E-state index in [2.05, 4.69) is 11.2 Å². The number of unbranched alkanes of at least 4 members (excludes halogenated alkanes) is 8. The second kappa shape index (κ2) is 14.1. The van der Waals surface area contributed by atoms with E-state index < -0.39 is 15.6 Å². The van der Waals surface area contributed by atoms with Crippen LogP contribution in [0.15, 0.2) is 11.6 Å². The van der Waals surface area contributed by atoms with Crippen LogP contribution in [-0.4, -0.2) is 23.0 Å². The van der Waals surface area contributed by atoms with Crippen LogP contribution in [-0.2, 0) is 22.5 Å². The summed E-state index contributed by atoms with van der Waals surface area (Å²) in [5.74, 6) is 0. The molecule has 1 unspecified atom stereocenters. The van der Waals surface area contributed by atoms with Gasteiger partial charge in [0.1, 0.15) is 0 Å². The van der Waals surface area contributed by atoms with Gasteiger partial charge in [0.15, 0.2) is 0 Å². The van der Waals surface area contributed by atoms with Gasteiger partial charge in [-0.05, 0) is 20.3 Å². The van der Waals surface area contributed by atoms with Crippen molar-refractivity contribution in [3.63, 3.8) is 0 Å².